The van der Waals surface area contributed by atoms with Crippen molar-refractivity contribution in [1.29, 1.82) is 0 Å². The molecule has 1 saturated carbocycles. The minimum absolute atomic E-state index is 0.00709. The largest absolute Gasteiger partial charge is 0.369 e. The van der Waals surface area contributed by atoms with Gasteiger partial charge in [0.2, 0.25) is 0 Å². The number of pyridine rings is 1. The molecular formula is C30H36N4O. The molecule has 0 N–H and O–H groups in total. The number of hydrogen-bond acceptors (Lipinski definition) is 4. The molecule has 2 aromatic carbocycles. The molecule has 1 aromatic heterocycles. The van der Waals surface area contributed by atoms with E-state index >= 15 is 0 Å². The summed E-state index contributed by atoms with van der Waals surface area (Å²) in [6.07, 6.45) is 8.18. The molecule has 1 aliphatic carbocycles. The highest BCUT2D eigenvalue weighted by molar-refractivity contribution is 6.05. The lowest BCUT2D eigenvalue weighted by molar-refractivity contribution is 0.0299. The normalized spacial score (nSPS) is 23.1. The highest BCUT2D eigenvalue weighted by atomic mass is 16.2. The molecule has 0 bridgehead atoms. The van der Waals surface area contributed by atoms with Crippen LogP contribution in [0.3, 0.4) is 0 Å². The monoisotopic (exact) mass is 468 g/mol. The molecule has 1 saturated heterocycles. The van der Waals surface area contributed by atoms with Crippen molar-refractivity contribution in [3.05, 3.63) is 90.3 Å². The van der Waals surface area contributed by atoms with Gasteiger partial charge < -0.3 is 9.80 Å². The molecule has 2 heterocycles. The third kappa shape index (κ3) is 4.83. The summed E-state index contributed by atoms with van der Waals surface area (Å²) in [6.45, 7) is 6.58. The first-order chi connectivity index (χ1) is 17.1. The Labute approximate surface area is 209 Å². The molecule has 35 heavy (non-hydrogen) atoms. The van der Waals surface area contributed by atoms with Crippen molar-refractivity contribution in [3.63, 3.8) is 0 Å². The van der Waals surface area contributed by atoms with Gasteiger partial charge in [-0.1, -0.05) is 37.3 Å². The van der Waals surface area contributed by atoms with E-state index in [0.29, 0.717) is 5.56 Å². The topological polar surface area (TPSA) is 39.7 Å². The van der Waals surface area contributed by atoms with E-state index in [0.717, 1.165) is 37.8 Å². The summed E-state index contributed by atoms with van der Waals surface area (Å²) in [6, 6.07) is 23.0. The lowest BCUT2D eigenvalue weighted by Crippen LogP contribution is -2.56. The fourth-order valence-electron chi connectivity index (χ4n) is 5.87. The fourth-order valence-corrected chi connectivity index (χ4v) is 5.87. The molecule has 0 unspecified atom stereocenters. The number of piperazine rings is 1. The minimum Gasteiger partial charge on any atom is -0.369 e. The Morgan fingerprint density at radius 3 is 2.29 bits per heavy atom. The third-order valence-electron chi connectivity index (χ3n) is 8.11. The third-order valence-corrected chi connectivity index (χ3v) is 8.11. The van der Waals surface area contributed by atoms with Gasteiger partial charge in [0.1, 0.15) is 0 Å². The molecule has 0 spiro atoms. The number of rotatable bonds is 5. The number of nitrogens with zero attached hydrogens (tertiary/aromatic N) is 4. The van der Waals surface area contributed by atoms with Gasteiger partial charge in [-0.05, 0) is 73.6 Å². The molecule has 5 nitrogen and oxygen atoms in total. The van der Waals surface area contributed by atoms with Crippen molar-refractivity contribution < 1.29 is 4.79 Å². The number of carbonyl (C=O) groups excluding carboxylic acids is 1. The van der Waals surface area contributed by atoms with Crippen LogP contribution in [0.2, 0.25) is 0 Å². The second-order valence-corrected chi connectivity index (χ2v) is 10.2. The zero-order valence-electron chi connectivity index (χ0n) is 20.9. The van der Waals surface area contributed by atoms with Gasteiger partial charge in [-0.15, -0.1) is 0 Å². The summed E-state index contributed by atoms with van der Waals surface area (Å²) in [5, 5.41) is 0. The standard InChI is InChI=1S/C30H36N4O/c1-24-11-15-30(16-12-24,34-21-19-33(20-22-34)27-8-4-3-5-9-27)26-7-6-10-28(23-26)32(2)29(35)25-13-17-31-18-14-25/h3-10,13-14,17-18,23-24H,11-12,15-16,19-22H2,1-2H3/t24-,30-. The Morgan fingerprint density at radius 2 is 1.60 bits per heavy atom. The van der Waals surface area contributed by atoms with E-state index in [9.17, 15) is 4.79 Å². The molecule has 1 amide bonds. The van der Waals surface area contributed by atoms with Gasteiger partial charge in [0, 0.05) is 68.1 Å². The van der Waals surface area contributed by atoms with Crippen LogP contribution >= 0.6 is 0 Å². The molecule has 0 atom stereocenters. The summed E-state index contributed by atoms with van der Waals surface area (Å²) in [5.74, 6) is 0.764. The van der Waals surface area contributed by atoms with Gasteiger partial charge in [-0.3, -0.25) is 14.7 Å². The smallest absolute Gasteiger partial charge is 0.258 e. The maximum absolute atomic E-state index is 13.1. The summed E-state index contributed by atoms with van der Waals surface area (Å²) in [4.78, 5) is 24.2. The van der Waals surface area contributed by atoms with Gasteiger partial charge in [0.25, 0.3) is 5.91 Å². The average molecular weight is 469 g/mol. The first kappa shape index (κ1) is 23.6. The molecule has 3 aromatic rings. The van der Waals surface area contributed by atoms with Crippen molar-refractivity contribution >= 4 is 17.3 Å². The fraction of sp³-hybridized carbons (Fsp3) is 0.400. The molecule has 5 heteroatoms. The van der Waals surface area contributed by atoms with Crippen LogP contribution < -0.4 is 9.80 Å². The van der Waals surface area contributed by atoms with Gasteiger partial charge in [-0.2, -0.15) is 0 Å². The van der Waals surface area contributed by atoms with Gasteiger partial charge in [-0.25, -0.2) is 0 Å². The summed E-state index contributed by atoms with van der Waals surface area (Å²) >= 11 is 0. The predicted octanol–water partition coefficient (Wildman–Crippen LogP) is 5.59. The van der Waals surface area contributed by atoms with Crippen molar-refractivity contribution in [2.75, 3.05) is 43.0 Å². The second kappa shape index (κ2) is 10.2. The van der Waals surface area contributed by atoms with Crippen LogP contribution in [0.4, 0.5) is 11.4 Å². The van der Waals surface area contributed by atoms with Crippen LogP contribution in [0.1, 0.15) is 48.5 Å². The van der Waals surface area contributed by atoms with Gasteiger partial charge in [0.05, 0.1) is 0 Å². The molecule has 5 rings (SSSR count). The second-order valence-electron chi connectivity index (χ2n) is 10.2. The molecule has 182 valence electrons. The molecular weight excluding hydrogens is 432 g/mol. The van der Waals surface area contributed by atoms with E-state index in [2.05, 4.69) is 76.3 Å². The van der Waals surface area contributed by atoms with Crippen molar-refractivity contribution in [1.82, 2.24) is 9.88 Å². The zero-order chi connectivity index (χ0) is 24.3. The van der Waals surface area contributed by atoms with E-state index in [4.69, 9.17) is 0 Å². The van der Waals surface area contributed by atoms with Gasteiger partial charge in [0.15, 0.2) is 0 Å². The first-order valence-corrected chi connectivity index (χ1v) is 12.9. The van der Waals surface area contributed by atoms with Crippen molar-refractivity contribution in [3.8, 4) is 0 Å². The van der Waals surface area contributed by atoms with Crippen LogP contribution in [0.25, 0.3) is 0 Å². The lowest BCUT2D eigenvalue weighted by Gasteiger charge is -2.51. The van der Waals surface area contributed by atoms with Crippen LogP contribution in [0.5, 0.6) is 0 Å². The Morgan fingerprint density at radius 1 is 0.914 bits per heavy atom. The molecule has 2 fully saturated rings. The lowest BCUT2D eigenvalue weighted by atomic mass is 9.71. The number of amides is 1. The van der Waals surface area contributed by atoms with Crippen LogP contribution in [-0.4, -0.2) is 49.0 Å². The number of para-hydroxylation sites is 1. The Kier molecular flexibility index (Phi) is 6.87. The maximum atomic E-state index is 13.1. The zero-order valence-corrected chi connectivity index (χ0v) is 20.9. The SMILES string of the molecule is CN(C(=O)c1ccncc1)c1cccc([C@]2(N3CCN(c4ccccc4)CC3)CC[C@H](C)CC2)c1. The first-order valence-electron chi connectivity index (χ1n) is 12.9. The van der Waals surface area contributed by atoms with E-state index in [-0.39, 0.29) is 11.4 Å². The average Bonchev–Trinajstić information content (AvgIpc) is 2.94. The Balaban J connectivity index is 1.40. The Bertz CT molecular complexity index is 1120. The minimum atomic E-state index is -0.00709. The summed E-state index contributed by atoms with van der Waals surface area (Å²) < 4.78 is 0. The number of carbonyl (C=O) groups is 1. The molecule has 0 radical (unpaired) electrons. The van der Waals surface area contributed by atoms with E-state index in [1.807, 2.05) is 7.05 Å². The number of aromatic nitrogens is 1. The molecule has 2 aliphatic rings. The quantitative estimate of drug-likeness (QED) is 0.490. The van der Waals surface area contributed by atoms with Crippen LogP contribution in [0, 0.1) is 5.92 Å². The van der Waals surface area contributed by atoms with Crippen molar-refractivity contribution in [2.45, 2.75) is 38.1 Å². The van der Waals surface area contributed by atoms with E-state index in [1.165, 1.54) is 36.9 Å². The predicted molar refractivity (Wildman–Crippen MR) is 143 cm³/mol. The van der Waals surface area contributed by atoms with E-state index < -0.39 is 0 Å². The number of anilines is 2. The van der Waals surface area contributed by atoms with Crippen LogP contribution in [0.15, 0.2) is 79.1 Å². The molecule has 1 aliphatic heterocycles. The van der Waals surface area contributed by atoms with Crippen molar-refractivity contribution in [2.24, 2.45) is 5.92 Å². The number of hydrogen-bond donors (Lipinski definition) is 0. The maximum Gasteiger partial charge on any atom is 0.258 e. The Hall–Kier alpha value is -3.18. The highest BCUT2D eigenvalue weighted by Gasteiger charge is 2.42. The highest BCUT2D eigenvalue weighted by Crippen LogP contribution is 2.45. The summed E-state index contributed by atoms with van der Waals surface area (Å²) in [5.41, 5.74) is 4.31. The van der Waals surface area contributed by atoms with E-state index in [1.54, 1.807) is 29.4 Å². The van der Waals surface area contributed by atoms with Gasteiger partial charge >= 0.3 is 0 Å². The van der Waals surface area contributed by atoms with Crippen LogP contribution in [-0.2, 0) is 5.54 Å². The summed E-state index contributed by atoms with van der Waals surface area (Å²) in [7, 11) is 1.87. The number of benzene rings is 2.